The Balaban J connectivity index is 1.61. The average molecular weight is 507 g/mol. The van der Waals surface area contributed by atoms with Gasteiger partial charge in [0.05, 0.1) is 18.8 Å². The molecule has 37 heavy (non-hydrogen) atoms. The van der Waals surface area contributed by atoms with Crippen molar-refractivity contribution >= 4 is 11.9 Å². The van der Waals surface area contributed by atoms with Crippen LogP contribution in [0.15, 0.2) is 91.0 Å². The van der Waals surface area contributed by atoms with Gasteiger partial charge < -0.3 is 28.8 Å². The molecule has 1 heterocycles. The van der Waals surface area contributed by atoms with Crippen molar-refractivity contribution in [3.8, 4) is 0 Å². The van der Waals surface area contributed by atoms with Gasteiger partial charge in [-0.1, -0.05) is 78.9 Å². The zero-order chi connectivity index (χ0) is 26.0. The Morgan fingerprint density at radius 1 is 0.757 bits per heavy atom. The third-order valence-corrected chi connectivity index (χ3v) is 5.88. The Hall–Kier alpha value is -3.56. The van der Waals surface area contributed by atoms with Gasteiger partial charge in [0.15, 0.2) is 12.4 Å². The molecule has 4 rings (SSSR count). The van der Waals surface area contributed by atoms with Crippen LogP contribution < -0.4 is 0 Å². The first kappa shape index (κ1) is 26.5. The van der Waals surface area contributed by atoms with E-state index in [1.54, 1.807) is 30.3 Å². The van der Waals surface area contributed by atoms with E-state index in [0.717, 1.165) is 11.1 Å². The fourth-order valence-corrected chi connectivity index (χ4v) is 4.04. The zero-order valence-corrected chi connectivity index (χ0v) is 20.5. The topological polar surface area (TPSA) is 101 Å². The van der Waals surface area contributed by atoms with E-state index in [-0.39, 0.29) is 19.8 Å². The number of esters is 2. The molecule has 1 unspecified atom stereocenters. The highest BCUT2D eigenvalue weighted by Gasteiger charge is 2.49. The van der Waals surface area contributed by atoms with Crippen LogP contribution in [0.4, 0.5) is 0 Å². The van der Waals surface area contributed by atoms with E-state index < -0.39 is 42.6 Å². The van der Waals surface area contributed by atoms with Crippen LogP contribution in [0.5, 0.6) is 0 Å². The Morgan fingerprint density at radius 3 is 1.81 bits per heavy atom. The summed E-state index contributed by atoms with van der Waals surface area (Å²) in [5, 5.41) is 10.9. The molecule has 0 saturated carbocycles. The molecular weight excluding hydrogens is 476 g/mol. The summed E-state index contributed by atoms with van der Waals surface area (Å²) >= 11 is 0. The number of ether oxygens (including phenoxy) is 5. The van der Waals surface area contributed by atoms with E-state index in [0.29, 0.717) is 5.56 Å². The minimum Gasteiger partial charge on any atom is -0.463 e. The molecule has 194 valence electrons. The van der Waals surface area contributed by atoms with E-state index in [1.165, 1.54) is 6.92 Å². The van der Waals surface area contributed by atoms with Gasteiger partial charge in [0.1, 0.15) is 24.9 Å². The van der Waals surface area contributed by atoms with Crippen LogP contribution in [-0.4, -0.2) is 54.4 Å². The lowest BCUT2D eigenvalue weighted by atomic mass is 9.98. The molecule has 1 N–H and O–H groups in total. The van der Waals surface area contributed by atoms with Crippen molar-refractivity contribution in [1.82, 2.24) is 0 Å². The molecule has 3 aromatic rings. The maximum absolute atomic E-state index is 12.9. The molecular formula is C29H30O8. The van der Waals surface area contributed by atoms with E-state index >= 15 is 0 Å². The van der Waals surface area contributed by atoms with Crippen LogP contribution in [0.1, 0.15) is 28.4 Å². The summed E-state index contributed by atoms with van der Waals surface area (Å²) in [6.07, 6.45) is -5.37. The van der Waals surface area contributed by atoms with Crippen molar-refractivity contribution in [2.45, 2.75) is 50.8 Å². The van der Waals surface area contributed by atoms with Gasteiger partial charge in [0, 0.05) is 6.92 Å². The molecule has 8 heteroatoms. The smallest absolute Gasteiger partial charge is 0.338 e. The summed E-state index contributed by atoms with van der Waals surface area (Å²) in [5.41, 5.74) is 2.11. The second-order valence-electron chi connectivity index (χ2n) is 8.63. The molecule has 0 bridgehead atoms. The summed E-state index contributed by atoms with van der Waals surface area (Å²) in [6, 6.07) is 27.4. The molecule has 1 saturated heterocycles. The first-order valence-electron chi connectivity index (χ1n) is 12.0. The van der Waals surface area contributed by atoms with Crippen molar-refractivity contribution in [2.24, 2.45) is 0 Å². The second kappa shape index (κ2) is 13.1. The molecule has 8 nitrogen and oxygen atoms in total. The van der Waals surface area contributed by atoms with Gasteiger partial charge in [-0.05, 0) is 23.3 Å². The van der Waals surface area contributed by atoms with E-state index in [4.69, 9.17) is 23.7 Å². The summed E-state index contributed by atoms with van der Waals surface area (Å²) in [4.78, 5) is 24.4. The van der Waals surface area contributed by atoms with Crippen LogP contribution in [0.3, 0.4) is 0 Å². The zero-order valence-electron chi connectivity index (χ0n) is 20.5. The number of carbonyl (C=O) groups is 2. The third-order valence-electron chi connectivity index (χ3n) is 5.88. The number of hydrogen-bond acceptors (Lipinski definition) is 8. The predicted octanol–water partition coefficient (Wildman–Crippen LogP) is 3.66. The van der Waals surface area contributed by atoms with Crippen LogP contribution in [0, 0.1) is 0 Å². The highest BCUT2D eigenvalue weighted by Crippen LogP contribution is 2.30. The van der Waals surface area contributed by atoms with Crippen LogP contribution in [-0.2, 0) is 41.7 Å². The minimum atomic E-state index is -1.54. The van der Waals surface area contributed by atoms with Gasteiger partial charge in [0.2, 0.25) is 0 Å². The standard InChI is InChI=1S/C29H30O8/c1-20(30)33-19-24-25(34-17-21-11-5-2-6-12-21)26(35-18-22-13-7-3-8-14-22)27(29(32)36-24)37-28(31)23-15-9-4-10-16-23/h2-16,24-27,29,32H,17-19H2,1H3/t24-,25+,26-,27+,29?/m0/s1. The lowest BCUT2D eigenvalue weighted by Gasteiger charge is -2.43. The summed E-state index contributed by atoms with van der Waals surface area (Å²) < 4.78 is 29.2. The van der Waals surface area contributed by atoms with Gasteiger partial charge in [-0.2, -0.15) is 0 Å². The molecule has 0 aromatic heterocycles. The quantitative estimate of drug-likeness (QED) is 0.416. The molecule has 3 aromatic carbocycles. The third kappa shape index (κ3) is 7.47. The SMILES string of the molecule is CC(=O)OC[C@@H]1OC(O)[C@H](OC(=O)c2ccccc2)[C@@H](OCc2ccccc2)[C@@H]1OCc1ccccc1. The van der Waals surface area contributed by atoms with Crippen molar-refractivity contribution < 1.29 is 38.4 Å². The van der Waals surface area contributed by atoms with Crippen molar-refractivity contribution in [1.29, 1.82) is 0 Å². The van der Waals surface area contributed by atoms with Crippen molar-refractivity contribution in [3.63, 3.8) is 0 Å². The average Bonchev–Trinajstić information content (AvgIpc) is 2.93. The number of carbonyl (C=O) groups excluding carboxylic acids is 2. The van der Waals surface area contributed by atoms with Crippen LogP contribution in [0.2, 0.25) is 0 Å². The molecule has 0 amide bonds. The minimum absolute atomic E-state index is 0.170. The first-order chi connectivity index (χ1) is 18.0. The largest absolute Gasteiger partial charge is 0.463 e. The lowest BCUT2D eigenvalue weighted by Crippen LogP contribution is -2.61. The Bertz CT molecular complexity index is 1120. The number of aliphatic hydroxyl groups excluding tert-OH is 1. The van der Waals surface area contributed by atoms with Crippen molar-refractivity contribution in [2.75, 3.05) is 6.61 Å². The molecule has 1 aliphatic rings. The van der Waals surface area contributed by atoms with Gasteiger partial charge in [-0.15, -0.1) is 0 Å². The van der Waals surface area contributed by atoms with Gasteiger partial charge in [-0.3, -0.25) is 4.79 Å². The van der Waals surface area contributed by atoms with Crippen molar-refractivity contribution in [3.05, 3.63) is 108 Å². The van der Waals surface area contributed by atoms with E-state index in [1.807, 2.05) is 60.7 Å². The predicted molar refractivity (Wildman–Crippen MR) is 133 cm³/mol. The lowest BCUT2D eigenvalue weighted by molar-refractivity contribution is -0.304. The molecule has 0 aliphatic carbocycles. The number of hydrogen-bond donors (Lipinski definition) is 1. The number of rotatable bonds is 10. The molecule has 1 fully saturated rings. The van der Waals surface area contributed by atoms with Gasteiger partial charge in [0.25, 0.3) is 0 Å². The highest BCUT2D eigenvalue weighted by atomic mass is 16.7. The normalized spacial score (nSPS) is 23.2. The number of benzene rings is 3. The number of aliphatic hydroxyl groups is 1. The Morgan fingerprint density at radius 2 is 1.27 bits per heavy atom. The highest BCUT2D eigenvalue weighted by molar-refractivity contribution is 5.89. The Labute approximate surface area is 215 Å². The van der Waals surface area contributed by atoms with Crippen LogP contribution >= 0.6 is 0 Å². The van der Waals surface area contributed by atoms with Gasteiger partial charge >= 0.3 is 11.9 Å². The fraction of sp³-hybridized carbons (Fsp3) is 0.310. The van der Waals surface area contributed by atoms with Crippen LogP contribution in [0.25, 0.3) is 0 Å². The summed E-state index contributed by atoms with van der Waals surface area (Å²) in [6.45, 7) is 1.48. The fourth-order valence-electron chi connectivity index (χ4n) is 4.04. The molecule has 1 aliphatic heterocycles. The maximum atomic E-state index is 12.9. The summed E-state index contributed by atoms with van der Waals surface area (Å²) in [7, 11) is 0. The summed E-state index contributed by atoms with van der Waals surface area (Å²) in [5.74, 6) is -1.14. The maximum Gasteiger partial charge on any atom is 0.338 e. The first-order valence-corrected chi connectivity index (χ1v) is 12.0. The molecule has 0 spiro atoms. The van der Waals surface area contributed by atoms with E-state index in [9.17, 15) is 14.7 Å². The van der Waals surface area contributed by atoms with Gasteiger partial charge in [-0.25, -0.2) is 4.79 Å². The second-order valence-corrected chi connectivity index (χ2v) is 8.63. The molecule has 5 atom stereocenters. The monoisotopic (exact) mass is 506 g/mol. The Kier molecular flexibility index (Phi) is 9.40. The van der Waals surface area contributed by atoms with E-state index in [2.05, 4.69) is 0 Å². The molecule has 0 radical (unpaired) electrons.